The Labute approximate surface area is 136 Å². The number of aryl methyl sites for hydroxylation is 1. The van der Waals surface area contributed by atoms with Gasteiger partial charge in [-0.1, -0.05) is 42.8 Å². The summed E-state index contributed by atoms with van der Waals surface area (Å²) in [5, 5.41) is 3.52. The van der Waals surface area contributed by atoms with Gasteiger partial charge in [0.1, 0.15) is 5.75 Å². The highest BCUT2D eigenvalue weighted by molar-refractivity contribution is 6.31. The lowest BCUT2D eigenvalue weighted by molar-refractivity contribution is -0.122. The van der Waals surface area contributed by atoms with Crippen molar-refractivity contribution in [2.75, 3.05) is 5.32 Å². The van der Waals surface area contributed by atoms with Gasteiger partial charge in [-0.15, -0.1) is 0 Å². The van der Waals surface area contributed by atoms with Crippen LogP contribution in [0.15, 0.2) is 42.5 Å². The lowest BCUT2D eigenvalue weighted by Gasteiger charge is -2.19. The minimum atomic E-state index is -0.542. The Hall–Kier alpha value is -2.00. The molecule has 0 heterocycles. The summed E-state index contributed by atoms with van der Waals surface area (Å²) in [7, 11) is 0. The minimum Gasteiger partial charge on any atom is -0.480 e. The molecule has 0 fully saturated rings. The number of hydrogen-bond donors (Lipinski definition) is 1. The summed E-state index contributed by atoms with van der Waals surface area (Å²) in [5.41, 5.74) is 2.57. The van der Waals surface area contributed by atoms with Gasteiger partial charge in [0.05, 0.1) is 0 Å². The molecular formula is C18H20ClNO2. The number of carbonyl (C=O) groups is 1. The van der Waals surface area contributed by atoms with Gasteiger partial charge in [0.15, 0.2) is 6.10 Å². The predicted molar refractivity (Wildman–Crippen MR) is 90.7 cm³/mol. The Bertz CT molecular complexity index is 670. The number of benzene rings is 2. The molecule has 2 aromatic carbocycles. The van der Waals surface area contributed by atoms with Crippen LogP contribution in [-0.2, 0) is 4.79 Å². The van der Waals surface area contributed by atoms with E-state index in [2.05, 4.69) is 5.32 Å². The zero-order valence-corrected chi connectivity index (χ0v) is 13.8. The molecule has 1 N–H and O–H groups in total. The molecule has 0 radical (unpaired) electrons. The molecule has 22 heavy (non-hydrogen) atoms. The van der Waals surface area contributed by atoms with E-state index in [9.17, 15) is 4.79 Å². The van der Waals surface area contributed by atoms with Crippen LogP contribution in [0.25, 0.3) is 0 Å². The van der Waals surface area contributed by atoms with E-state index in [1.54, 1.807) is 6.07 Å². The molecule has 2 rings (SSSR count). The molecule has 1 amide bonds. The van der Waals surface area contributed by atoms with Crippen molar-refractivity contribution in [1.82, 2.24) is 0 Å². The van der Waals surface area contributed by atoms with Crippen molar-refractivity contribution >= 4 is 23.2 Å². The number of halogens is 1. The maximum atomic E-state index is 12.4. The van der Waals surface area contributed by atoms with E-state index in [1.165, 1.54) is 0 Å². The zero-order valence-electron chi connectivity index (χ0n) is 13.0. The van der Waals surface area contributed by atoms with Gasteiger partial charge in [-0.2, -0.15) is 0 Å². The van der Waals surface area contributed by atoms with Crippen molar-refractivity contribution in [3.05, 3.63) is 58.6 Å². The van der Waals surface area contributed by atoms with Crippen molar-refractivity contribution < 1.29 is 9.53 Å². The summed E-state index contributed by atoms with van der Waals surface area (Å²) in [6.45, 7) is 5.76. The lowest BCUT2D eigenvalue weighted by Crippen LogP contribution is -2.32. The quantitative estimate of drug-likeness (QED) is 0.864. The Morgan fingerprint density at radius 3 is 2.59 bits per heavy atom. The topological polar surface area (TPSA) is 38.3 Å². The number of nitrogens with one attached hydrogen (secondary N) is 1. The predicted octanol–water partition coefficient (Wildman–Crippen LogP) is 4.75. The van der Waals surface area contributed by atoms with Crippen LogP contribution in [0.2, 0.25) is 5.02 Å². The van der Waals surface area contributed by atoms with Crippen molar-refractivity contribution in [3.63, 3.8) is 0 Å². The minimum absolute atomic E-state index is 0.170. The third-order valence-electron chi connectivity index (χ3n) is 3.55. The average molecular weight is 318 g/mol. The highest BCUT2D eigenvalue weighted by atomic mass is 35.5. The van der Waals surface area contributed by atoms with Gasteiger partial charge in [0, 0.05) is 10.7 Å². The Kier molecular flexibility index (Phi) is 5.45. The van der Waals surface area contributed by atoms with Crippen LogP contribution >= 0.6 is 11.6 Å². The van der Waals surface area contributed by atoms with E-state index < -0.39 is 6.10 Å². The summed E-state index contributed by atoms with van der Waals surface area (Å²) < 4.78 is 5.85. The molecule has 0 spiro atoms. The molecule has 0 aliphatic heterocycles. The number of ether oxygens (including phenoxy) is 1. The molecule has 0 bridgehead atoms. The second-order valence-corrected chi connectivity index (χ2v) is 5.59. The molecule has 0 unspecified atom stereocenters. The molecule has 4 heteroatoms. The Morgan fingerprint density at radius 1 is 1.18 bits per heavy atom. The van der Waals surface area contributed by atoms with E-state index in [4.69, 9.17) is 16.3 Å². The molecule has 1 atom stereocenters. The summed E-state index contributed by atoms with van der Waals surface area (Å²) in [6.07, 6.45) is 0.0410. The first-order chi connectivity index (χ1) is 10.5. The van der Waals surface area contributed by atoms with Crippen molar-refractivity contribution in [2.24, 2.45) is 0 Å². The fourth-order valence-corrected chi connectivity index (χ4v) is 2.29. The average Bonchev–Trinajstić information content (AvgIpc) is 2.51. The van der Waals surface area contributed by atoms with E-state index in [-0.39, 0.29) is 5.91 Å². The summed E-state index contributed by atoms with van der Waals surface area (Å²) in [4.78, 5) is 12.4. The number of hydrogen-bond acceptors (Lipinski definition) is 2. The first kappa shape index (κ1) is 16.4. The van der Waals surface area contributed by atoms with E-state index >= 15 is 0 Å². The smallest absolute Gasteiger partial charge is 0.265 e. The zero-order chi connectivity index (χ0) is 16.1. The van der Waals surface area contributed by atoms with E-state index in [0.29, 0.717) is 17.1 Å². The first-order valence-corrected chi connectivity index (χ1v) is 7.69. The fourth-order valence-electron chi connectivity index (χ4n) is 2.12. The van der Waals surface area contributed by atoms with E-state index in [0.717, 1.165) is 16.9 Å². The van der Waals surface area contributed by atoms with Crippen LogP contribution < -0.4 is 10.1 Å². The largest absolute Gasteiger partial charge is 0.480 e. The van der Waals surface area contributed by atoms with Crippen LogP contribution in [0, 0.1) is 13.8 Å². The van der Waals surface area contributed by atoms with Crippen LogP contribution in [0.1, 0.15) is 24.5 Å². The first-order valence-electron chi connectivity index (χ1n) is 7.31. The number of para-hydroxylation sites is 1. The molecular weight excluding hydrogens is 298 g/mol. The van der Waals surface area contributed by atoms with Crippen LogP contribution in [0.4, 0.5) is 5.69 Å². The van der Waals surface area contributed by atoms with Gasteiger partial charge in [-0.25, -0.2) is 0 Å². The summed E-state index contributed by atoms with van der Waals surface area (Å²) in [5.74, 6) is 0.559. The second kappa shape index (κ2) is 7.32. The summed E-state index contributed by atoms with van der Waals surface area (Å²) >= 11 is 6.08. The molecule has 0 saturated heterocycles. The highest BCUT2D eigenvalue weighted by Crippen LogP contribution is 2.24. The van der Waals surface area contributed by atoms with Gasteiger partial charge >= 0.3 is 0 Å². The molecule has 0 aliphatic carbocycles. The van der Waals surface area contributed by atoms with Gasteiger partial charge in [-0.3, -0.25) is 4.79 Å². The number of rotatable bonds is 5. The molecule has 116 valence electrons. The third-order valence-corrected chi connectivity index (χ3v) is 3.96. The van der Waals surface area contributed by atoms with Crippen molar-refractivity contribution in [2.45, 2.75) is 33.3 Å². The molecule has 0 saturated carbocycles. The Balaban J connectivity index is 2.12. The fraction of sp³-hybridized carbons (Fsp3) is 0.278. The number of amides is 1. The molecule has 2 aromatic rings. The van der Waals surface area contributed by atoms with Crippen LogP contribution in [0.3, 0.4) is 0 Å². The third kappa shape index (κ3) is 3.80. The second-order valence-electron chi connectivity index (χ2n) is 5.18. The van der Waals surface area contributed by atoms with E-state index in [1.807, 2.05) is 57.2 Å². The van der Waals surface area contributed by atoms with Gasteiger partial charge in [0.25, 0.3) is 5.91 Å². The highest BCUT2D eigenvalue weighted by Gasteiger charge is 2.20. The maximum Gasteiger partial charge on any atom is 0.265 e. The number of anilines is 1. The maximum absolute atomic E-state index is 12.4. The molecule has 0 aromatic heterocycles. The van der Waals surface area contributed by atoms with Gasteiger partial charge in [0.2, 0.25) is 0 Å². The van der Waals surface area contributed by atoms with Gasteiger partial charge in [-0.05, 0) is 49.6 Å². The number of carbonyl (C=O) groups excluding carboxylic acids is 1. The van der Waals surface area contributed by atoms with Gasteiger partial charge < -0.3 is 10.1 Å². The summed E-state index contributed by atoms with van der Waals surface area (Å²) in [6, 6.07) is 13.1. The van der Waals surface area contributed by atoms with Crippen molar-refractivity contribution in [3.8, 4) is 5.75 Å². The van der Waals surface area contributed by atoms with Crippen LogP contribution in [0.5, 0.6) is 5.75 Å². The van der Waals surface area contributed by atoms with Crippen LogP contribution in [-0.4, -0.2) is 12.0 Å². The lowest BCUT2D eigenvalue weighted by atomic mass is 10.1. The SMILES string of the molecule is CC[C@@H](Oc1ccccc1C)C(=O)Nc1cccc(Cl)c1C. The normalized spacial score (nSPS) is 11.8. The van der Waals surface area contributed by atoms with Crippen molar-refractivity contribution in [1.29, 1.82) is 0 Å². The standard InChI is InChI=1S/C18H20ClNO2/c1-4-16(22-17-11-6-5-8-12(17)2)18(21)20-15-10-7-9-14(19)13(15)3/h5-11,16H,4H2,1-3H3,(H,20,21)/t16-/m1/s1. The Morgan fingerprint density at radius 2 is 1.91 bits per heavy atom. The monoisotopic (exact) mass is 317 g/mol. The molecule has 3 nitrogen and oxygen atoms in total. The molecule has 0 aliphatic rings.